The number of rotatable bonds is 3. The Balaban J connectivity index is 1.68. The lowest BCUT2D eigenvalue weighted by molar-refractivity contribution is 0.316. The molecule has 0 saturated heterocycles. The van der Waals surface area contributed by atoms with E-state index in [0.717, 1.165) is 25.6 Å². The van der Waals surface area contributed by atoms with Crippen molar-refractivity contribution in [1.29, 1.82) is 0 Å². The molecule has 4 rings (SSSR count). The molecule has 2 aromatic rings. The van der Waals surface area contributed by atoms with Crippen LogP contribution in [0.15, 0.2) is 41.8 Å². The normalized spacial score (nSPS) is 25.5. The van der Waals surface area contributed by atoms with Gasteiger partial charge in [0.1, 0.15) is 0 Å². The Morgan fingerprint density at radius 1 is 1.24 bits per heavy atom. The second-order valence-electron chi connectivity index (χ2n) is 6.61. The summed E-state index contributed by atoms with van der Waals surface area (Å²) in [7, 11) is 0. The molecule has 1 fully saturated rings. The van der Waals surface area contributed by atoms with E-state index in [0.29, 0.717) is 0 Å². The highest BCUT2D eigenvalue weighted by atomic mass is 32.1. The largest absolute Gasteiger partial charge is 0.364 e. The number of benzene rings is 1. The molecule has 0 bridgehead atoms. The summed E-state index contributed by atoms with van der Waals surface area (Å²) in [5.74, 6) is 0.845. The molecule has 21 heavy (non-hydrogen) atoms. The molecule has 1 saturated carbocycles. The molecule has 1 aromatic carbocycles. The van der Waals surface area contributed by atoms with Crippen molar-refractivity contribution in [1.82, 2.24) is 5.32 Å². The van der Waals surface area contributed by atoms with Crippen molar-refractivity contribution in [3.8, 4) is 0 Å². The third-order valence-electron chi connectivity index (χ3n) is 4.94. The Bertz CT molecular complexity index is 618. The smallest absolute Gasteiger partial charge is 0.0523 e. The lowest BCUT2D eigenvalue weighted by Crippen LogP contribution is -2.51. The third-order valence-corrected chi connectivity index (χ3v) is 5.80. The first-order valence-corrected chi connectivity index (χ1v) is 8.73. The van der Waals surface area contributed by atoms with Gasteiger partial charge in [0.2, 0.25) is 0 Å². The standard InChI is InChI=1S/C18H22N2S/c1-18(15-8-9-15)13-20(12-16-6-4-10-21-16)17-7-3-2-5-14(17)11-19-18/h2-7,10,15,19H,8-9,11-13H2,1H3. The van der Waals surface area contributed by atoms with Gasteiger partial charge >= 0.3 is 0 Å². The molecule has 1 aliphatic carbocycles. The van der Waals surface area contributed by atoms with Crippen LogP contribution in [0.5, 0.6) is 0 Å². The molecule has 0 amide bonds. The molecule has 2 aliphatic rings. The summed E-state index contributed by atoms with van der Waals surface area (Å²) >= 11 is 1.86. The monoisotopic (exact) mass is 298 g/mol. The van der Waals surface area contributed by atoms with E-state index in [4.69, 9.17) is 0 Å². The van der Waals surface area contributed by atoms with Crippen molar-refractivity contribution in [2.24, 2.45) is 5.92 Å². The van der Waals surface area contributed by atoms with Crippen LogP contribution in [0, 0.1) is 5.92 Å². The summed E-state index contributed by atoms with van der Waals surface area (Å²) in [6, 6.07) is 13.3. The van der Waals surface area contributed by atoms with Crippen molar-refractivity contribution in [3.05, 3.63) is 52.2 Å². The lowest BCUT2D eigenvalue weighted by Gasteiger charge is -2.35. The predicted molar refractivity (Wildman–Crippen MR) is 89.8 cm³/mol. The Morgan fingerprint density at radius 2 is 2.10 bits per heavy atom. The molecule has 3 heteroatoms. The van der Waals surface area contributed by atoms with Crippen LogP contribution < -0.4 is 10.2 Å². The van der Waals surface area contributed by atoms with E-state index in [2.05, 4.69) is 58.9 Å². The molecular formula is C18H22N2S. The molecule has 110 valence electrons. The van der Waals surface area contributed by atoms with Crippen LogP contribution in [0.1, 0.15) is 30.2 Å². The fourth-order valence-electron chi connectivity index (χ4n) is 3.53. The zero-order valence-corrected chi connectivity index (χ0v) is 13.3. The summed E-state index contributed by atoms with van der Waals surface area (Å²) < 4.78 is 0. The Hall–Kier alpha value is -1.32. The van der Waals surface area contributed by atoms with Crippen molar-refractivity contribution in [2.45, 2.75) is 38.4 Å². The zero-order valence-electron chi connectivity index (χ0n) is 12.5. The fourth-order valence-corrected chi connectivity index (χ4v) is 4.25. The van der Waals surface area contributed by atoms with E-state index in [1.54, 1.807) is 0 Å². The van der Waals surface area contributed by atoms with Gasteiger partial charge in [-0.05, 0) is 48.8 Å². The molecular weight excluding hydrogens is 276 g/mol. The van der Waals surface area contributed by atoms with E-state index >= 15 is 0 Å². The highest BCUT2D eigenvalue weighted by Crippen LogP contribution is 2.42. The van der Waals surface area contributed by atoms with E-state index in [9.17, 15) is 0 Å². The van der Waals surface area contributed by atoms with E-state index in [-0.39, 0.29) is 5.54 Å². The third kappa shape index (κ3) is 2.60. The average molecular weight is 298 g/mol. The lowest BCUT2D eigenvalue weighted by atomic mass is 9.95. The van der Waals surface area contributed by atoms with Crippen LogP contribution in [0.4, 0.5) is 5.69 Å². The van der Waals surface area contributed by atoms with E-state index in [1.165, 1.54) is 29.0 Å². The molecule has 1 atom stereocenters. The maximum atomic E-state index is 3.85. The van der Waals surface area contributed by atoms with Gasteiger partial charge in [-0.25, -0.2) is 0 Å². The van der Waals surface area contributed by atoms with Crippen molar-refractivity contribution in [3.63, 3.8) is 0 Å². The van der Waals surface area contributed by atoms with Gasteiger partial charge in [0, 0.05) is 29.2 Å². The maximum Gasteiger partial charge on any atom is 0.0523 e. The summed E-state index contributed by atoms with van der Waals surface area (Å²) in [6.07, 6.45) is 2.76. The number of hydrogen-bond donors (Lipinski definition) is 1. The van der Waals surface area contributed by atoms with Crippen molar-refractivity contribution >= 4 is 17.0 Å². The van der Waals surface area contributed by atoms with Crippen LogP contribution in [-0.2, 0) is 13.1 Å². The second-order valence-corrected chi connectivity index (χ2v) is 7.64. The quantitative estimate of drug-likeness (QED) is 0.920. The average Bonchev–Trinajstić information content (AvgIpc) is 3.26. The first-order chi connectivity index (χ1) is 10.2. The van der Waals surface area contributed by atoms with Gasteiger partial charge in [-0.2, -0.15) is 0 Å². The van der Waals surface area contributed by atoms with Crippen LogP contribution in [0.25, 0.3) is 0 Å². The van der Waals surface area contributed by atoms with E-state index in [1.807, 2.05) is 11.3 Å². The van der Waals surface area contributed by atoms with Gasteiger partial charge in [0.15, 0.2) is 0 Å². The molecule has 0 spiro atoms. The van der Waals surface area contributed by atoms with Gasteiger partial charge in [0.25, 0.3) is 0 Å². The minimum absolute atomic E-state index is 0.246. The molecule has 1 N–H and O–H groups in total. The van der Waals surface area contributed by atoms with Crippen LogP contribution >= 0.6 is 11.3 Å². The van der Waals surface area contributed by atoms with Crippen molar-refractivity contribution in [2.75, 3.05) is 11.4 Å². The second kappa shape index (κ2) is 5.15. The number of thiophene rings is 1. The topological polar surface area (TPSA) is 15.3 Å². The number of nitrogens with zero attached hydrogens (tertiary/aromatic N) is 1. The minimum atomic E-state index is 0.246. The fraction of sp³-hybridized carbons (Fsp3) is 0.444. The van der Waals surface area contributed by atoms with Gasteiger partial charge in [-0.1, -0.05) is 24.3 Å². The molecule has 2 nitrogen and oxygen atoms in total. The van der Waals surface area contributed by atoms with Crippen LogP contribution in [0.3, 0.4) is 0 Å². The summed E-state index contributed by atoms with van der Waals surface area (Å²) in [5.41, 5.74) is 3.08. The van der Waals surface area contributed by atoms with Crippen LogP contribution in [-0.4, -0.2) is 12.1 Å². The Labute approximate surface area is 130 Å². The summed E-state index contributed by atoms with van der Waals surface area (Å²) in [4.78, 5) is 4.03. The molecule has 1 unspecified atom stereocenters. The minimum Gasteiger partial charge on any atom is -0.364 e. The van der Waals surface area contributed by atoms with Crippen LogP contribution in [0.2, 0.25) is 0 Å². The number of anilines is 1. The number of hydrogen-bond acceptors (Lipinski definition) is 3. The zero-order chi connectivity index (χ0) is 14.3. The van der Waals surface area contributed by atoms with Gasteiger partial charge < -0.3 is 10.2 Å². The Kier molecular flexibility index (Phi) is 3.27. The molecule has 0 radical (unpaired) electrons. The highest BCUT2D eigenvalue weighted by molar-refractivity contribution is 7.09. The van der Waals surface area contributed by atoms with Gasteiger partial charge in [-0.15, -0.1) is 11.3 Å². The maximum absolute atomic E-state index is 3.85. The predicted octanol–water partition coefficient (Wildman–Crippen LogP) is 4.03. The number of para-hydroxylation sites is 1. The first kappa shape index (κ1) is 13.4. The summed E-state index contributed by atoms with van der Waals surface area (Å²) in [6.45, 7) is 5.54. The van der Waals surface area contributed by atoms with Crippen molar-refractivity contribution < 1.29 is 0 Å². The summed E-state index contributed by atoms with van der Waals surface area (Å²) in [5, 5.41) is 6.03. The number of fused-ring (bicyclic) bond motifs is 1. The Morgan fingerprint density at radius 3 is 2.86 bits per heavy atom. The highest BCUT2D eigenvalue weighted by Gasteiger charge is 2.43. The molecule has 1 aliphatic heterocycles. The molecule has 1 aromatic heterocycles. The molecule has 2 heterocycles. The van der Waals surface area contributed by atoms with Gasteiger partial charge in [0.05, 0.1) is 6.54 Å². The van der Waals surface area contributed by atoms with Gasteiger partial charge in [-0.3, -0.25) is 0 Å². The first-order valence-electron chi connectivity index (χ1n) is 7.85. The van der Waals surface area contributed by atoms with E-state index < -0.39 is 0 Å². The number of nitrogens with one attached hydrogen (secondary N) is 1. The SMILES string of the molecule is CC1(C2CC2)CN(Cc2cccs2)c2ccccc2CN1.